The van der Waals surface area contributed by atoms with Crippen molar-refractivity contribution in [1.29, 1.82) is 0 Å². The Labute approximate surface area is 181 Å². The Morgan fingerprint density at radius 2 is 1.97 bits per heavy atom. The summed E-state index contributed by atoms with van der Waals surface area (Å²) in [5.74, 6) is 0.280. The van der Waals surface area contributed by atoms with Crippen molar-refractivity contribution in [2.24, 2.45) is 0 Å². The van der Waals surface area contributed by atoms with E-state index in [2.05, 4.69) is 31.5 Å². The number of nitrogens with one attached hydrogen (secondary N) is 2. The molecule has 1 aromatic heterocycles. The molecule has 2 N–H and O–H groups in total. The van der Waals surface area contributed by atoms with Crippen molar-refractivity contribution in [1.82, 2.24) is 10.3 Å². The van der Waals surface area contributed by atoms with Gasteiger partial charge in [0.2, 0.25) is 11.8 Å². The van der Waals surface area contributed by atoms with Crippen LogP contribution in [0.2, 0.25) is 0 Å². The van der Waals surface area contributed by atoms with Gasteiger partial charge in [-0.15, -0.1) is 11.3 Å². The number of amides is 2. The lowest BCUT2D eigenvalue weighted by molar-refractivity contribution is -0.120. The van der Waals surface area contributed by atoms with E-state index in [0.717, 1.165) is 21.3 Å². The van der Waals surface area contributed by atoms with Crippen LogP contribution in [-0.2, 0) is 9.59 Å². The molecular formula is C21H20BrN3O3S. The molecular weight excluding hydrogens is 454 g/mol. The fourth-order valence-electron chi connectivity index (χ4n) is 2.80. The Kier molecular flexibility index (Phi) is 7.00. The summed E-state index contributed by atoms with van der Waals surface area (Å²) in [6.07, 6.45) is 0.0949. The van der Waals surface area contributed by atoms with E-state index in [9.17, 15) is 9.59 Å². The standard InChI is InChI=1S/C21H20BrN3O3S/c1-13(26)23-18(14-6-8-17(28-2)9-7-14)11-20(27)25-21-24-19(12-29-21)15-4-3-5-16(22)10-15/h3-10,12,18H,11H2,1-2H3,(H,23,26)(H,24,25,27). The van der Waals surface area contributed by atoms with E-state index >= 15 is 0 Å². The first-order valence-electron chi connectivity index (χ1n) is 8.87. The molecule has 29 heavy (non-hydrogen) atoms. The van der Waals surface area contributed by atoms with Crippen LogP contribution in [0.4, 0.5) is 5.13 Å². The van der Waals surface area contributed by atoms with Crippen molar-refractivity contribution in [3.8, 4) is 17.0 Å². The van der Waals surface area contributed by atoms with Crippen LogP contribution in [-0.4, -0.2) is 23.9 Å². The van der Waals surface area contributed by atoms with Crippen LogP contribution >= 0.6 is 27.3 Å². The molecule has 0 saturated carbocycles. The molecule has 3 aromatic rings. The summed E-state index contributed by atoms with van der Waals surface area (Å²) in [6, 6.07) is 14.6. The Morgan fingerprint density at radius 1 is 1.21 bits per heavy atom. The van der Waals surface area contributed by atoms with Gasteiger partial charge >= 0.3 is 0 Å². The third kappa shape index (κ3) is 5.88. The molecule has 0 fully saturated rings. The molecule has 0 aliphatic rings. The number of halogens is 1. The number of thiazole rings is 1. The highest BCUT2D eigenvalue weighted by atomic mass is 79.9. The molecule has 0 spiro atoms. The second-order valence-electron chi connectivity index (χ2n) is 6.33. The smallest absolute Gasteiger partial charge is 0.228 e. The maximum atomic E-state index is 12.6. The zero-order valence-corrected chi connectivity index (χ0v) is 18.3. The topological polar surface area (TPSA) is 80.3 Å². The monoisotopic (exact) mass is 473 g/mol. The minimum Gasteiger partial charge on any atom is -0.497 e. The van der Waals surface area contributed by atoms with Gasteiger partial charge in [0.25, 0.3) is 0 Å². The van der Waals surface area contributed by atoms with E-state index in [0.29, 0.717) is 10.9 Å². The van der Waals surface area contributed by atoms with Gasteiger partial charge in [-0.2, -0.15) is 0 Å². The molecule has 0 bridgehead atoms. The number of hydrogen-bond donors (Lipinski definition) is 2. The summed E-state index contributed by atoms with van der Waals surface area (Å²) in [5.41, 5.74) is 2.58. The van der Waals surface area contributed by atoms with Gasteiger partial charge in [0.1, 0.15) is 5.75 Å². The second kappa shape index (κ2) is 9.67. The Morgan fingerprint density at radius 3 is 2.62 bits per heavy atom. The number of carbonyl (C=O) groups is 2. The summed E-state index contributed by atoms with van der Waals surface area (Å²) in [6.45, 7) is 1.43. The minimum absolute atomic E-state index is 0.0949. The normalized spacial score (nSPS) is 11.6. The van der Waals surface area contributed by atoms with Gasteiger partial charge in [0.05, 0.1) is 25.3 Å². The largest absolute Gasteiger partial charge is 0.497 e. The van der Waals surface area contributed by atoms with Crippen LogP contribution in [0, 0.1) is 0 Å². The van der Waals surface area contributed by atoms with Crippen molar-refractivity contribution in [3.05, 3.63) is 63.9 Å². The number of aromatic nitrogens is 1. The number of benzene rings is 2. The third-order valence-corrected chi connectivity index (χ3v) is 5.41. The quantitative estimate of drug-likeness (QED) is 0.516. The fraction of sp³-hybridized carbons (Fsp3) is 0.190. The van der Waals surface area contributed by atoms with Crippen molar-refractivity contribution < 1.29 is 14.3 Å². The Hall–Kier alpha value is -2.71. The maximum absolute atomic E-state index is 12.6. The number of nitrogens with zero attached hydrogens (tertiary/aromatic N) is 1. The van der Waals surface area contributed by atoms with E-state index in [1.165, 1.54) is 18.3 Å². The van der Waals surface area contributed by atoms with Crippen LogP contribution in [0.15, 0.2) is 58.4 Å². The summed E-state index contributed by atoms with van der Waals surface area (Å²) < 4.78 is 6.12. The average Bonchev–Trinajstić information content (AvgIpc) is 3.15. The molecule has 0 saturated heterocycles. The molecule has 1 atom stereocenters. The van der Waals surface area contributed by atoms with Crippen molar-refractivity contribution in [2.75, 3.05) is 12.4 Å². The SMILES string of the molecule is COc1ccc(C(CC(=O)Nc2nc(-c3cccc(Br)c3)cs2)NC(C)=O)cc1. The number of rotatable bonds is 7. The Bertz CT molecular complexity index is 1000. The molecule has 8 heteroatoms. The van der Waals surface area contributed by atoms with Gasteiger partial charge in [0, 0.05) is 22.3 Å². The molecule has 0 aliphatic heterocycles. The average molecular weight is 474 g/mol. The zero-order chi connectivity index (χ0) is 20.8. The van der Waals surface area contributed by atoms with Crippen LogP contribution in [0.25, 0.3) is 11.3 Å². The summed E-state index contributed by atoms with van der Waals surface area (Å²) >= 11 is 4.81. The maximum Gasteiger partial charge on any atom is 0.228 e. The predicted molar refractivity (Wildman–Crippen MR) is 118 cm³/mol. The molecule has 2 aromatic carbocycles. The highest BCUT2D eigenvalue weighted by Gasteiger charge is 2.18. The number of carbonyl (C=O) groups excluding carboxylic acids is 2. The van der Waals surface area contributed by atoms with E-state index in [-0.39, 0.29) is 18.2 Å². The van der Waals surface area contributed by atoms with Gasteiger partial charge < -0.3 is 15.4 Å². The summed E-state index contributed by atoms with van der Waals surface area (Å²) in [7, 11) is 1.59. The highest BCUT2D eigenvalue weighted by Crippen LogP contribution is 2.27. The van der Waals surface area contributed by atoms with Gasteiger partial charge in [0.15, 0.2) is 5.13 Å². The third-order valence-electron chi connectivity index (χ3n) is 4.16. The Balaban J connectivity index is 1.69. The lowest BCUT2D eigenvalue weighted by Gasteiger charge is -2.18. The highest BCUT2D eigenvalue weighted by molar-refractivity contribution is 9.10. The molecule has 1 unspecified atom stereocenters. The van der Waals surface area contributed by atoms with Gasteiger partial charge in [-0.1, -0.05) is 40.2 Å². The molecule has 0 aliphatic carbocycles. The molecule has 0 radical (unpaired) electrons. The van der Waals surface area contributed by atoms with E-state index in [4.69, 9.17) is 4.74 Å². The predicted octanol–water partition coefficient (Wildman–Crippen LogP) is 4.79. The first-order chi connectivity index (χ1) is 13.9. The minimum atomic E-state index is -0.442. The second-order valence-corrected chi connectivity index (χ2v) is 8.10. The van der Waals surface area contributed by atoms with Gasteiger partial charge in [-0.05, 0) is 29.8 Å². The van der Waals surface area contributed by atoms with Crippen molar-refractivity contribution >= 4 is 44.2 Å². The zero-order valence-electron chi connectivity index (χ0n) is 15.9. The van der Waals surface area contributed by atoms with Crippen LogP contribution < -0.4 is 15.4 Å². The fourth-order valence-corrected chi connectivity index (χ4v) is 3.94. The van der Waals surface area contributed by atoms with Crippen molar-refractivity contribution in [3.63, 3.8) is 0 Å². The van der Waals surface area contributed by atoms with Crippen LogP contribution in [0.3, 0.4) is 0 Å². The first-order valence-corrected chi connectivity index (χ1v) is 10.5. The van der Waals surface area contributed by atoms with Gasteiger partial charge in [-0.25, -0.2) is 4.98 Å². The van der Waals surface area contributed by atoms with Crippen LogP contribution in [0.1, 0.15) is 24.9 Å². The van der Waals surface area contributed by atoms with Gasteiger partial charge in [-0.3, -0.25) is 9.59 Å². The first kappa shape index (κ1) is 21.0. The van der Waals surface area contributed by atoms with Crippen LogP contribution in [0.5, 0.6) is 5.75 Å². The van der Waals surface area contributed by atoms with E-state index < -0.39 is 6.04 Å². The number of methoxy groups -OCH3 is 1. The summed E-state index contributed by atoms with van der Waals surface area (Å²) in [4.78, 5) is 28.7. The summed E-state index contributed by atoms with van der Waals surface area (Å²) in [5, 5.41) is 8.06. The molecule has 1 heterocycles. The number of hydrogen-bond acceptors (Lipinski definition) is 5. The number of ether oxygens (including phenoxy) is 1. The molecule has 6 nitrogen and oxygen atoms in total. The molecule has 3 rings (SSSR count). The molecule has 2 amide bonds. The molecule has 150 valence electrons. The number of anilines is 1. The lowest BCUT2D eigenvalue weighted by Crippen LogP contribution is -2.29. The van der Waals surface area contributed by atoms with E-state index in [1.54, 1.807) is 19.2 Å². The lowest BCUT2D eigenvalue weighted by atomic mass is 10.0. The van der Waals surface area contributed by atoms with Crippen molar-refractivity contribution in [2.45, 2.75) is 19.4 Å². The van der Waals surface area contributed by atoms with E-state index in [1.807, 2.05) is 41.8 Å².